The summed E-state index contributed by atoms with van der Waals surface area (Å²) in [5, 5.41) is 20.1. The van der Waals surface area contributed by atoms with Gasteiger partial charge in [0.05, 0.1) is 16.7 Å². The van der Waals surface area contributed by atoms with Crippen molar-refractivity contribution in [3.05, 3.63) is 34.9 Å². The highest BCUT2D eigenvalue weighted by Gasteiger charge is 2.21. The Kier molecular flexibility index (Phi) is 5.83. The number of unbranched alkanes of at least 4 members (excludes halogenated alkanes) is 1. The van der Waals surface area contributed by atoms with Crippen molar-refractivity contribution in [2.45, 2.75) is 25.3 Å². The van der Waals surface area contributed by atoms with E-state index in [1.165, 1.54) is 6.07 Å². The Bertz CT molecular complexity index is 511. The zero-order valence-electron chi connectivity index (χ0n) is 10.1. The van der Waals surface area contributed by atoms with Crippen LogP contribution in [0, 0.1) is 11.3 Å². The number of nitrogens with one attached hydrogen (secondary N) is 1. The molecule has 1 aromatic carbocycles. The first-order valence-corrected chi connectivity index (χ1v) is 6.09. The van der Waals surface area contributed by atoms with Crippen molar-refractivity contribution in [2.75, 3.05) is 0 Å². The molecule has 0 saturated carbocycles. The molecule has 1 rings (SSSR count). The third-order valence-electron chi connectivity index (χ3n) is 2.50. The molecule has 6 heteroatoms. The number of benzene rings is 1. The van der Waals surface area contributed by atoms with Gasteiger partial charge in [0.25, 0.3) is 5.91 Å². The fourth-order valence-electron chi connectivity index (χ4n) is 1.52. The number of carbonyl (C=O) groups is 2. The maximum absolute atomic E-state index is 11.9. The molecule has 0 aromatic heterocycles. The van der Waals surface area contributed by atoms with E-state index in [9.17, 15) is 9.59 Å². The Balaban J connectivity index is 2.69. The Labute approximate surface area is 115 Å². The molecule has 0 saturated heterocycles. The molecule has 100 valence electrons. The van der Waals surface area contributed by atoms with Crippen LogP contribution in [0.25, 0.3) is 0 Å². The largest absolute Gasteiger partial charge is 0.480 e. The van der Waals surface area contributed by atoms with Crippen molar-refractivity contribution in [1.29, 1.82) is 5.26 Å². The molecule has 0 aliphatic carbocycles. The smallest absolute Gasteiger partial charge is 0.326 e. The monoisotopic (exact) mass is 280 g/mol. The van der Waals surface area contributed by atoms with E-state index >= 15 is 0 Å². The average Bonchev–Trinajstić information content (AvgIpc) is 2.38. The van der Waals surface area contributed by atoms with Crippen molar-refractivity contribution in [3.63, 3.8) is 0 Å². The van der Waals surface area contributed by atoms with E-state index in [-0.39, 0.29) is 23.4 Å². The summed E-state index contributed by atoms with van der Waals surface area (Å²) in [5.41, 5.74) is 0.232. The number of carbonyl (C=O) groups excluding carboxylic acids is 1. The Morgan fingerprint density at radius 2 is 2.11 bits per heavy atom. The van der Waals surface area contributed by atoms with Gasteiger partial charge in [-0.1, -0.05) is 23.7 Å². The summed E-state index contributed by atoms with van der Waals surface area (Å²) in [5.74, 6) is -1.66. The summed E-state index contributed by atoms with van der Waals surface area (Å²) in [6, 6.07) is 7.32. The average molecular weight is 281 g/mol. The quantitative estimate of drug-likeness (QED) is 0.782. The highest BCUT2D eigenvalue weighted by atomic mass is 35.5. The van der Waals surface area contributed by atoms with E-state index in [2.05, 4.69) is 5.32 Å². The minimum absolute atomic E-state index is 0.207. The van der Waals surface area contributed by atoms with Gasteiger partial charge in [-0.25, -0.2) is 4.79 Å². The standard InChI is InChI=1S/C13H13ClN2O3/c14-10-6-2-1-5-9(10)12(17)16-11(13(18)19)7-3-4-8-15/h1-2,5-6,11H,3-4,7H2,(H,16,17)(H,18,19)/t11-/m0/s1. The van der Waals surface area contributed by atoms with E-state index < -0.39 is 17.9 Å². The number of nitrogens with zero attached hydrogens (tertiary/aromatic N) is 1. The summed E-state index contributed by atoms with van der Waals surface area (Å²) in [6.45, 7) is 0. The number of nitriles is 1. The van der Waals surface area contributed by atoms with Gasteiger partial charge in [0.15, 0.2) is 0 Å². The van der Waals surface area contributed by atoms with Crippen molar-refractivity contribution < 1.29 is 14.7 Å². The van der Waals surface area contributed by atoms with Crippen LogP contribution in [0.15, 0.2) is 24.3 Å². The number of carboxylic acids is 1. The molecule has 2 N–H and O–H groups in total. The molecule has 1 atom stereocenters. The number of rotatable bonds is 6. The molecule has 0 aliphatic rings. The van der Waals surface area contributed by atoms with E-state index in [1.54, 1.807) is 18.2 Å². The lowest BCUT2D eigenvalue weighted by Gasteiger charge is -2.14. The second kappa shape index (κ2) is 7.39. The van der Waals surface area contributed by atoms with E-state index in [0.29, 0.717) is 6.42 Å². The molecule has 0 aliphatic heterocycles. The highest BCUT2D eigenvalue weighted by Crippen LogP contribution is 2.15. The van der Waals surface area contributed by atoms with Gasteiger partial charge in [0.1, 0.15) is 6.04 Å². The lowest BCUT2D eigenvalue weighted by Crippen LogP contribution is -2.40. The number of carboxylic acid groups (broad SMARTS) is 1. The van der Waals surface area contributed by atoms with Gasteiger partial charge in [-0.3, -0.25) is 4.79 Å². The molecule has 1 amide bonds. The van der Waals surface area contributed by atoms with Gasteiger partial charge < -0.3 is 10.4 Å². The zero-order valence-corrected chi connectivity index (χ0v) is 10.9. The maximum atomic E-state index is 11.9. The molecule has 1 aromatic rings. The van der Waals surface area contributed by atoms with Crippen LogP contribution in [-0.4, -0.2) is 23.0 Å². The molecule has 0 spiro atoms. The lowest BCUT2D eigenvalue weighted by atomic mass is 10.1. The third kappa shape index (κ3) is 4.60. The molecule has 0 bridgehead atoms. The van der Waals surface area contributed by atoms with Crippen molar-refractivity contribution >= 4 is 23.5 Å². The lowest BCUT2D eigenvalue weighted by molar-refractivity contribution is -0.139. The van der Waals surface area contributed by atoms with Crippen LogP contribution in [0.4, 0.5) is 0 Å². The first kappa shape index (κ1) is 15.0. The summed E-state index contributed by atoms with van der Waals surface area (Å²) in [7, 11) is 0. The van der Waals surface area contributed by atoms with Crippen LogP contribution in [0.1, 0.15) is 29.6 Å². The van der Waals surface area contributed by atoms with Gasteiger partial charge in [-0.15, -0.1) is 0 Å². The molecule has 0 unspecified atom stereocenters. The molecular weight excluding hydrogens is 268 g/mol. The SMILES string of the molecule is N#CCCC[C@H](NC(=O)c1ccccc1Cl)C(=O)O. The Hall–Kier alpha value is -2.06. The number of hydrogen-bond acceptors (Lipinski definition) is 3. The van der Waals surface area contributed by atoms with Crippen molar-refractivity contribution in [2.24, 2.45) is 0 Å². The van der Waals surface area contributed by atoms with E-state index in [1.807, 2.05) is 6.07 Å². The minimum atomic E-state index is -1.13. The molecule has 0 radical (unpaired) electrons. The Morgan fingerprint density at radius 1 is 1.42 bits per heavy atom. The van der Waals surface area contributed by atoms with Gasteiger partial charge >= 0.3 is 5.97 Å². The normalized spacial score (nSPS) is 11.4. The van der Waals surface area contributed by atoms with Gasteiger partial charge in [-0.05, 0) is 25.0 Å². The minimum Gasteiger partial charge on any atom is -0.480 e. The topological polar surface area (TPSA) is 90.2 Å². The zero-order chi connectivity index (χ0) is 14.3. The molecule has 0 fully saturated rings. The maximum Gasteiger partial charge on any atom is 0.326 e. The van der Waals surface area contributed by atoms with Crippen LogP contribution < -0.4 is 5.32 Å². The molecule has 5 nitrogen and oxygen atoms in total. The third-order valence-corrected chi connectivity index (χ3v) is 2.83. The van der Waals surface area contributed by atoms with Crippen LogP contribution in [0.5, 0.6) is 0 Å². The second-order valence-electron chi connectivity index (χ2n) is 3.89. The summed E-state index contributed by atoms with van der Waals surface area (Å²) in [4.78, 5) is 22.9. The van der Waals surface area contributed by atoms with Crippen LogP contribution in [0.2, 0.25) is 5.02 Å². The first-order chi connectivity index (χ1) is 9.06. The molecule has 0 heterocycles. The van der Waals surface area contributed by atoms with E-state index in [4.69, 9.17) is 22.0 Å². The number of amides is 1. The van der Waals surface area contributed by atoms with Crippen molar-refractivity contribution in [3.8, 4) is 6.07 Å². The first-order valence-electron chi connectivity index (χ1n) is 5.71. The van der Waals surface area contributed by atoms with Gasteiger partial charge in [0.2, 0.25) is 0 Å². The predicted octanol–water partition coefficient (Wildman–Crippen LogP) is 2.22. The number of hydrogen-bond donors (Lipinski definition) is 2. The molecule has 19 heavy (non-hydrogen) atoms. The van der Waals surface area contributed by atoms with Crippen LogP contribution in [-0.2, 0) is 4.79 Å². The van der Waals surface area contributed by atoms with Gasteiger partial charge in [-0.2, -0.15) is 5.26 Å². The van der Waals surface area contributed by atoms with Crippen LogP contribution >= 0.6 is 11.6 Å². The van der Waals surface area contributed by atoms with Crippen molar-refractivity contribution in [1.82, 2.24) is 5.32 Å². The summed E-state index contributed by atoms with van der Waals surface area (Å²) in [6.07, 6.45) is 0.876. The number of halogens is 1. The fourth-order valence-corrected chi connectivity index (χ4v) is 1.75. The van der Waals surface area contributed by atoms with Crippen LogP contribution in [0.3, 0.4) is 0 Å². The fraction of sp³-hybridized carbons (Fsp3) is 0.308. The van der Waals surface area contributed by atoms with Gasteiger partial charge in [0, 0.05) is 6.42 Å². The number of aliphatic carboxylic acids is 1. The Morgan fingerprint density at radius 3 is 2.68 bits per heavy atom. The van der Waals surface area contributed by atoms with E-state index in [0.717, 1.165) is 0 Å². The predicted molar refractivity (Wildman–Crippen MR) is 69.8 cm³/mol. The summed E-state index contributed by atoms with van der Waals surface area (Å²) >= 11 is 5.86. The summed E-state index contributed by atoms with van der Waals surface area (Å²) < 4.78 is 0. The highest BCUT2D eigenvalue weighted by molar-refractivity contribution is 6.33. The molecular formula is C13H13ClN2O3. The second-order valence-corrected chi connectivity index (χ2v) is 4.30.